The van der Waals surface area contributed by atoms with Gasteiger partial charge in [-0.25, -0.2) is 0 Å². The molecule has 0 aliphatic carbocycles. The predicted molar refractivity (Wildman–Crippen MR) is 82.3 cm³/mol. The van der Waals surface area contributed by atoms with Crippen LogP contribution in [0.4, 0.5) is 5.69 Å². The molecule has 1 heterocycles. The van der Waals surface area contributed by atoms with Crippen LogP contribution in [0.25, 0.3) is 0 Å². The second-order valence-electron chi connectivity index (χ2n) is 4.66. The lowest BCUT2D eigenvalue weighted by atomic mass is 10.0. The van der Waals surface area contributed by atoms with Crippen LogP contribution in [-0.4, -0.2) is 22.6 Å². The van der Waals surface area contributed by atoms with Crippen LogP contribution in [0.15, 0.2) is 24.3 Å². The number of hydrogen-bond donors (Lipinski definition) is 1. The summed E-state index contributed by atoms with van der Waals surface area (Å²) in [6.45, 7) is 3.27. The van der Waals surface area contributed by atoms with Gasteiger partial charge in [-0.05, 0) is 50.0 Å². The van der Waals surface area contributed by atoms with E-state index in [1.807, 2.05) is 24.3 Å². The Hall–Kier alpha value is -0.800. The second kappa shape index (κ2) is 6.39. The van der Waals surface area contributed by atoms with Crippen LogP contribution in [0.5, 0.6) is 0 Å². The fourth-order valence-corrected chi connectivity index (χ4v) is 2.98. The van der Waals surface area contributed by atoms with E-state index < -0.39 is 0 Å². The van der Waals surface area contributed by atoms with Crippen molar-refractivity contribution in [2.75, 3.05) is 11.9 Å². The Balaban J connectivity index is 2.05. The molecule has 1 aliphatic heterocycles. The molecule has 1 saturated heterocycles. The van der Waals surface area contributed by atoms with Crippen LogP contribution in [-0.2, 0) is 0 Å². The summed E-state index contributed by atoms with van der Waals surface area (Å²) in [6, 6.07) is 8.29. The zero-order chi connectivity index (χ0) is 13.0. The van der Waals surface area contributed by atoms with Crippen molar-refractivity contribution >= 4 is 34.6 Å². The maximum absolute atomic E-state index is 6.14. The first kappa shape index (κ1) is 13.6. The van der Waals surface area contributed by atoms with Gasteiger partial charge >= 0.3 is 0 Å². The number of nitrogens with one attached hydrogen (secondary N) is 1. The molecule has 0 aromatic heterocycles. The van der Waals surface area contributed by atoms with Gasteiger partial charge in [-0.2, -0.15) is 0 Å². The summed E-state index contributed by atoms with van der Waals surface area (Å²) in [6.07, 6.45) is 4.91. The summed E-state index contributed by atoms with van der Waals surface area (Å²) in [5.74, 6) is 0. The lowest BCUT2D eigenvalue weighted by Crippen LogP contribution is -2.45. The van der Waals surface area contributed by atoms with Gasteiger partial charge in [0.1, 0.15) is 0 Å². The quantitative estimate of drug-likeness (QED) is 0.814. The molecule has 2 rings (SSSR count). The van der Waals surface area contributed by atoms with Crippen LogP contribution in [0.2, 0.25) is 5.02 Å². The molecule has 1 N–H and O–H groups in total. The van der Waals surface area contributed by atoms with Gasteiger partial charge < -0.3 is 10.2 Å². The largest absolute Gasteiger partial charge is 0.346 e. The van der Waals surface area contributed by atoms with Crippen LogP contribution in [0, 0.1) is 0 Å². The molecule has 1 atom stereocenters. The molecule has 1 aromatic carbocycles. The van der Waals surface area contributed by atoms with E-state index in [-0.39, 0.29) is 0 Å². The normalized spacial score (nSPS) is 19.7. The zero-order valence-electron chi connectivity index (χ0n) is 10.7. The predicted octanol–water partition coefficient (Wildman–Crippen LogP) is 4.30. The maximum atomic E-state index is 6.14. The van der Waals surface area contributed by atoms with E-state index in [4.69, 9.17) is 23.8 Å². The first-order valence-corrected chi connectivity index (χ1v) is 7.33. The third kappa shape index (κ3) is 3.15. The number of piperidine rings is 1. The topological polar surface area (TPSA) is 15.3 Å². The number of halogens is 1. The number of benzene rings is 1. The molecule has 2 nitrogen and oxygen atoms in total. The minimum atomic E-state index is 0.571. The van der Waals surface area contributed by atoms with E-state index in [1.165, 1.54) is 19.3 Å². The highest BCUT2D eigenvalue weighted by molar-refractivity contribution is 7.80. The smallest absolute Gasteiger partial charge is 0.173 e. The van der Waals surface area contributed by atoms with E-state index in [1.54, 1.807) is 0 Å². The van der Waals surface area contributed by atoms with Gasteiger partial charge in [-0.3, -0.25) is 0 Å². The number of hydrogen-bond acceptors (Lipinski definition) is 1. The third-order valence-corrected chi connectivity index (χ3v) is 4.14. The summed E-state index contributed by atoms with van der Waals surface area (Å²) in [7, 11) is 0. The van der Waals surface area contributed by atoms with Crippen molar-refractivity contribution in [1.82, 2.24) is 4.90 Å². The summed E-state index contributed by atoms with van der Waals surface area (Å²) >= 11 is 11.7. The highest BCUT2D eigenvalue weighted by Crippen LogP contribution is 2.24. The lowest BCUT2D eigenvalue weighted by molar-refractivity contribution is 0.239. The minimum absolute atomic E-state index is 0.571. The highest BCUT2D eigenvalue weighted by atomic mass is 35.5. The first-order valence-electron chi connectivity index (χ1n) is 6.54. The maximum Gasteiger partial charge on any atom is 0.173 e. The molecule has 0 amide bonds. The molecule has 98 valence electrons. The molecule has 4 heteroatoms. The Morgan fingerprint density at radius 1 is 1.44 bits per heavy atom. The van der Waals surface area contributed by atoms with Gasteiger partial charge in [0.05, 0.1) is 10.7 Å². The molecular weight excluding hydrogens is 264 g/mol. The van der Waals surface area contributed by atoms with E-state index in [9.17, 15) is 0 Å². The summed E-state index contributed by atoms with van der Waals surface area (Å²) in [5.41, 5.74) is 0.893. The lowest BCUT2D eigenvalue weighted by Gasteiger charge is -2.37. The molecule has 0 radical (unpaired) electrons. The molecule has 0 unspecified atom stereocenters. The van der Waals surface area contributed by atoms with Gasteiger partial charge in [-0.1, -0.05) is 30.7 Å². The number of anilines is 1. The molecule has 0 spiro atoms. The van der Waals surface area contributed by atoms with E-state index in [0.717, 1.165) is 23.8 Å². The summed E-state index contributed by atoms with van der Waals surface area (Å²) < 4.78 is 0. The third-order valence-electron chi connectivity index (χ3n) is 3.47. The molecule has 0 saturated carbocycles. The number of likely N-dealkylation sites (tertiary alicyclic amines) is 1. The Kier molecular flexibility index (Phi) is 4.84. The standard InChI is InChI=1S/C14H19ClN2S/c1-2-11-7-5-6-10-17(11)14(18)16-13-9-4-3-8-12(13)15/h3-4,8-9,11H,2,5-7,10H2,1H3,(H,16,18)/t11-/m0/s1. The van der Waals surface area contributed by atoms with Crippen LogP contribution in [0.3, 0.4) is 0 Å². The molecular formula is C14H19ClN2S. The van der Waals surface area contributed by atoms with Gasteiger partial charge in [0, 0.05) is 12.6 Å². The van der Waals surface area contributed by atoms with Crippen molar-refractivity contribution in [3.63, 3.8) is 0 Å². The van der Waals surface area contributed by atoms with Crippen molar-refractivity contribution < 1.29 is 0 Å². The summed E-state index contributed by atoms with van der Waals surface area (Å²) in [5, 5.41) is 4.78. The monoisotopic (exact) mass is 282 g/mol. The van der Waals surface area contributed by atoms with Gasteiger partial charge in [0.25, 0.3) is 0 Å². The minimum Gasteiger partial charge on any atom is -0.346 e. The van der Waals surface area contributed by atoms with Gasteiger partial charge in [0.2, 0.25) is 0 Å². The second-order valence-corrected chi connectivity index (χ2v) is 5.46. The van der Waals surface area contributed by atoms with Gasteiger partial charge in [-0.15, -0.1) is 0 Å². The Labute approximate surface area is 119 Å². The molecule has 1 aromatic rings. The number of thiocarbonyl (C=S) groups is 1. The van der Waals surface area contributed by atoms with E-state index in [0.29, 0.717) is 11.1 Å². The van der Waals surface area contributed by atoms with Crippen LogP contribution in [0.1, 0.15) is 32.6 Å². The zero-order valence-corrected chi connectivity index (χ0v) is 12.2. The van der Waals surface area contributed by atoms with Crippen molar-refractivity contribution in [3.8, 4) is 0 Å². The number of para-hydroxylation sites is 1. The van der Waals surface area contributed by atoms with Crippen molar-refractivity contribution in [2.24, 2.45) is 0 Å². The van der Waals surface area contributed by atoms with Crippen molar-refractivity contribution in [2.45, 2.75) is 38.6 Å². The Morgan fingerprint density at radius 2 is 2.22 bits per heavy atom. The molecule has 18 heavy (non-hydrogen) atoms. The number of rotatable bonds is 2. The molecule has 1 fully saturated rings. The Bertz CT molecular complexity index is 422. The first-order chi connectivity index (χ1) is 8.72. The van der Waals surface area contributed by atoms with Crippen LogP contribution < -0.4 is 5.32 Å². The fourth-order valence-electron chi connectivity index (χ4n) is 2.44. The number of nitrogens with zero attached hydrogens (tertiary/aromatic N) is 1. The highest BCUT2D eigenvalue weighted by Gasteiger charge is 2.23. The van der Waals surface area contributed by atoms with Crippen molar-refractivity contribution in [3.05, 3.63) is 29.3 Å². The fraction of sp³-hybridized carbons (Fsp3) is 0.500. The van der Waals surface area contributed by atoms with Crippen molar-refractivity contribution in [1.29, 1.82) is 0 Å². The summed E-state index contributed by atoms with van der Waals surface area (Å²) in [4.78, 5) is 2.31. The SMILES string of the molecule is CC[C@H]1CCCCN1C(=S)Nc1ccccc1Cl. The molecule has 0 bridgehead atoms. The van der Waals surface area contributed by atoms with Gasteiger partial charge in [0.15, 0.2) is 5.11 Å². The Morgan fingerprint density at radius 3 is 2.94 bits per heavy atom. The molecule has 1 aliphatic rings. The average Bonchev–Trinajstić information content (AvgIpc) is 2.41. The van der Waals surface area contributed by atoms with Crippen LogP contribution >= 0.6 is 23.8 Å². The average molecular weight is 283 g/mol. The van der Waals surface area contributed by atoms with E-state index >= 15 is 0 Å². The van der Waals surface area contributed by atoms with E-state index in [2.05, 4.69) is 17.1 Å².